The number of nitrogens with one attached hydrogen (secondary N) is 1. The summed E-state index contributed by atoms with van der Waals surface area (Å²) in [6.07, 6.45) is 1.43. The van der Waals surface area contributed by atoms with Crippen molar-refractivity contribution in [3.05, 3.63) is 4.77 Å². The van der Waals surface area contributed by atoms with E-state index in [1.54, 1.807) is 4.57 Å². The molecule has 1 aromatic heterocycles. The fourth-order valence-electron chi connectivity index (χ4n) is 1.87. The molecule has 0 amide bonds. The third-order valence-corrected chi connectivity index (χ3v) is 4.63. The Bertz CT molecular complexity index is 515. The molecule has 6 nitrogen and oxygen atoms in total. The van der Waals surface area contributed by atoms with Gasteiger partial charge in [-0.25, -0.2) is 13.5 Å². The number of nitrogen functional groups attached to an aromatic ring is 1. The van der Waals surface area contributed by atoms with Crippen molar-refractivity contribution in [2.24, 2.45) is 0 Å². The molecule has 0 aromatic carbocycles. The Morgan fingerprint density at radius 3 is 2.87 bits per heavy atom. The van der Waals surface area contributed by atoms with Crippen LogP contribution in [0.4, 0.5) is 5.95 Å². The lowest BCUT2D eigenvalue weighted by Crippen LogP contribution is -2.28. The molecule has 0 radical (unpaired) electrons. The van der Waals surface area contributed by atoms with Crippen LogP contribution in [0.2, 0.25) is 0 Å². The first-order chi connectivity index (χ1) is 6.99. The van der Waals surface area contributed by atoms with Crippen molar-refractivity contribution >= 4 is 28.0 Å². The molecule has 1 saturated heterocycles. The molecule has 2 heterocycles. The minimum atomic E-state index is -2.96. The van der Waals surface area contributed by atoms with Crippen LogP contribution >= 0.6 is 12.2 Å². The van der Waals surface area contributed by atoms with Gasteiger partial charge in [-0.15, -0.1) is 5.10 Å². The lowest BCUT2D eigenvalue weighted by molar-refractivity contribution is 0.470. The number of H-pyrrole nitrogens is 1. The quantitative estimate of drug-likeness (QED) is 0.696. The Balaban J connectivity index is 2.36. The van der Waals surface area contributed by atoms with E-state index < -0.39 is 9.84 Å². The minimum Gasteiger partial charge on any atom is -0.368 e. The van der Waals surface area contributed by atoms with E-state index in [0.29, 0.717) is 11.2 Å². The molecule has 1 aliphatic heterocycles. The highest BCUT2D eigenvalue weighted by Gasteiger charge is 2.27. The van der Waals surface area contributed by atoms with Crippen molar-refractivity contribution in [3.8, 4) is 0 Å². The third-order valence-electron chi connectivity index (χ3n) is 2.54. The van der Waals surface area contributed by atoms with Gasteiger partial charge in [-0.05, 0) is 25.1 Å². The zero-order valence-corrected chi connectivity index (χ0v) is 9.64. The maximum atomic E-state index is 11.5. The summed E-state index contributed by atoms with van der Waals surface area (Å²) in [5.74, 6) is 0.613. The zero-order chi connectivity index (χ0) is 11.1. The van der Waals surface area contributed by atoms with Crippen molar-refractivity contribution < 1.29 is 8.42 Å². The van der Waals surface area contributed by atoms with Gasteiger partial charge in [0.15, 0.2) is 14.6 Å². The highest BCUT2D eigenvalue weighted by Crippen LogP contribution is 2.24. The van der Waals surface area contributed by atoms with Crippen molar-refractivity contribution in [1.82, 2.24) is 14.8 Å². The van der Waals surface area contributed by atoms with Crippen LogP contribution < -0.4 is 5.73 Å². The molecule has 0 bridgehead atoms. The van der Waals surface area contributed by atoms with Gasteiger partial charge in [0.1, 0.15) is 0 Å². The Hall–Kier alpha value is -0.890. The summed E-state index contributed by atoms with van der Waals surface area (Å²) in [5, 5.41) is 6.33. The second-order valence-corrected chi connectivity index (χ2v) is 6.28. The summed E-state index contributed by atoms with van der Waals surface area (Å²) in [6.45, 7) is 0. The molecule has 3 N–H and O–H groups in total. The van der Waals surface area contributed by atoms with Crippen LogP contribution in [0.5, 0.6) is 0 Å². The average molecular weight is 248 g/mol. The first kappa shape index (κ1) is 10.6. The van der Waals surface area contributed by atoms with E-state index in [9.17, 15) is 8.42 Å². The molecule has 1 aromatic rings. The van der Waals surface area contributed by atoms with Crippen LogP contribution in [-0.2, 0) is 9.84 Å². The van der Waals surface area contributed by atoms with E-state index in [1.807, 2.05) is 0 Å². The van der Waals surface area contributed by atoms with Gasteiger partial charge in [-0.1, -0.05) is 0 Å². The molecule has 2 rings (SSSR count). The Labute approximate surface area is 92.4 Å². The molecule has 1 unspecified atom stereocenters. The van der Waals surface area contributed by atoms with Crippen LogP contribution in [0, 0.1) is 4.77 Å². The monoisotopic (exact) mass is 248 g/mol. The van der Waals surface area contributed by atoms with E-state index in [0.717, 1.165) is 6.42 Å². The van der Waals surface area contributed by atoms with Crippen molar-refractivity contribution in [2.45, 2.75) is 18.9 Å². The lowest BCUT2D eigenvalue weighted by atomic mass is 10.2. The molecule has 15 heavy (non-hydrogen) atoms. The molecule has 0 aliphatic carbocycles. The Kier molecular flexibility index (Phi) is 2.55. The van der Waals surface area contributed by atoms with Gasteiger partial charge in [-0.2, -0.15) is 0 Å². The fraction of sp³-hybridized carbons (Fsp3) is 0.714. The highest BCUT2D eigenvalue weighted by molar-refractivity contribution is 7.91. The number of nitrogens with two attached hydrogens (primary N) is 1. The van der Waals surface area contributed by atoms with Crippen LogP contribution in [0.15, 0.2) is 0 Å². The van der Waals surface area contributed by atoms with E-state index >= 15 is 0 Å². The van der Waals surface area contributed by atoms with Gasteiger partial charge in [0.05, 0.1) is 17.5 Å². The molecule has 1 aliphatic rings. The van der Waals surface area contributed by atoms with E-state index in [2.05, 4.69) is 10.2 Å². The molecule has 1 fully saturated rings. The van der Waals surface area contributed by atoms with Crippen molar-refractivity contribution in [3.63, 3.8) is 0 Å². The van der Waals surface area contributed by atoms with Gasteiger partial charge in [-0.3, -0.25) is 4.57 Å². The molecular formula is C7H12N4O2S2. The number of anilines is 1. The number of nitrogens with zero attached hydrogens (tertiary/aromatic N) is 2. The van der Waals surface area contributed by atoms with E-state index in [-0.39, 0.29) is 23.5 Å². The standard InChI is InChI=1S/C7H12N4O2S2/c8-6-9-10-7(14)11(6)5-2-1-3-15(12,13)4-5/h5H,1-4H2,(H2,8,9)(H,10,14). The molecule has 8 heteroatoms. The third kappa shape index (κ3) is 2.05. The minimum absolute atomic E-state index is 0.102. The zero-order valence-electron chi connectivity index (χ0n) is 8.01. The van der Waals surface area contributed by atoms with Gasteiger partial charge < -0.3 is 5.73 Å². The van der Waals surface area contributed by atoms with E-state index in [4.69, 9.17) is 18.0 Å². The molecule has 0 spiro atoms. The largest absolute Gasteiger partial charge is 0.368 e. The number of aromatic amines is 1. The van der Waals surface area contributed by atoms with Gasteiger partial charge in [0.2, 0.25) is 5.95 Å². The van der Waals surface area contributed by atoms with Crippen LogP contribution in [-0.4, -0.2) is 34.7 Å². The van der Waals surface area contributed by atoms with Gasteiger partial charge in [0.25, 0.3) is 0 Å². The normalized spacial score (nSPS) is 25.2. The number of aromatic nitrogens is 3. The van der Waals surface area contributed by atoms with Gasteiger partial charge >= 0.3 is 0 Å². The van der Waals surface area contributed by atoms with Crippen molar-refractivity contribution in [1.29, 1.82) is 0 Å². The molecule has 0 saturated carbocycles. The maximum absolute atomic E-state index is 11.5. The molecular weight excluding hydrogens is 236 g/mol. The smallest absolute Gasteiger partial charge is 0.220 e. The summed E-state index contributed by atoms with van der Waals surface area (Å²) in [6, 6.07) is -0.171. The first-order valence-electron chi connectivity index (χ1n) is 4.62. The first-order valence-corrected chi connectivity index (χ1v) is 6.85. The lowest BCUT2D eigenvalue weighted by Gasteiger charge is -2.23. The predicted molar refractivity (Wildman–Crippen MR) is 58.7 cm³/mol. The Morgan fingerprint density at radius 2 is 2.33 bits per heavy atom. The Morgan fingerprint density at radius 1 is 1.60 bits per heavy atom. The number of hydrogen-bond acceptors (Lipinski definition) is 5. The fourth-order valence-corrected chi connectivity index (χ4v) is 3.84. The number of sulfone groups is 1. The maximum Gasteiger partial charge on any atom is 0.220 e. The summed E-state index contributed by atoms with van der Waals surface area (Å²) < 4.78 is 24.9. The highest BCUT2D eigenvalue weighted by atomic mass is 32.2. The summed E-state index contributed by atoms with van der Waals surface area (Å²) in [4.78, 5) is 0. The molecule has 1 atom stereocenters. The predicted octanol–water partition coefficient (Wildman–Crippen LogP) is 0.273. The summed E-state index contributed by atoms with van der Waals surface area (Å²) in [5.41, 5.74) is 5.62. The topological polar surface area (TPSA) is 93.8 Å². The second kappa shape index (κ2) is 3.60. The number of hydrogen-bond donors (Lipinski definition) is 2. The summed E-state index contributed by atoms with van der Waals surface area (Å²) >= 11 is 5.00. The van der Waals surface area contributed by atoms with E-state index in [1.165, 1.54) is 0 Å². The number of rotatable bonds is 1. The van der Waals surface area contributed by atoms with Crippen LogP contribution in [0.1, 0.15) is 18.9 Å². The SMILES string of the molecule is Nc1n[nH]c(=S)n1C1CCCS(=O)(=O)C1. The van der Waals surface area contributed by atoms with Crippen LogP contribution in [0.25, 0.3) is 0 Å². The summed E-state index contributed by atoms with van der Waals surface area (Å²) in [7, 11) is -2.96. The average Bonchev–Trinajstić information content (AvgIpc) is 2.44. The van der Waals surface area contributed by atoms with Crippen molar-refractivity contribution in [2.75, 3.05) is 17.2 Å². The van der Waals surface area contributed by atoms with Crippen LogP contribution in [0.3, 0.4) is 0 Å². The molecule has 84 valence electrons. The second-order valence-electron chi connectivity index (χ2n) is 3.67. The van der Waals surface area contributed by atoms with Gasteiger partial charge in [0, 0.05) is 0 Å².